The summed E-state index contributed by atoms with van der Waals surface area (Å²) in [5, 5.41) is 4.37. The van der Waals surface area contributed by atoms with Crippen molar-refractivity contribution in [1.29, 1.82) is 0 Å². The van der Waals surface area contributed by atoms with Crippen LogP contribution < -0.4 is 25.2 Å². The van der Waals surface area contributed by atoms with Gasteiger partial charge in [0.25, 0.3) is 5.91 Å². The minimum Gasteiger partial charge on any atom is -0.497 e. The first-order valence-corrected chi connectivity index (χ1v) is 16.2. The van der Waals surface area contributed by atoms with Gasteiger partial charge in [-0.15, -0.1) is 6.58 Å². The molecule has 2 aliphatic carbocycles. The van der Waals surface area contributed by atoms with Crippen LogP contribution in [0.1, 0.15) is 53.4 Å². The van der Waals surface area contributed by atoms with Crippen LogP contribution in [0.3, 0.4) is 0 Å². The monoisotopic (exact) mass is 627 g/mol. The Morgan fingerprint density at radius 3 is 2.52 bits per heavy atom. The number of nitrogens with one attached hydrogen (secondary N) is 2. The van der Waals surface area contributed by atoms with E-state index >= 15 is 0 Å². The quantitative estimate of drug-likeness (QED) is 0.334. The van der Waals surface area contributed by atoms with Crippen molar-refractivity contribution in [1.82, 2.24) is 19.9 Å². The number of amides is 3. The van der Waals surface area contributed by atoms with Crippen LogP contribution in [-0.2, 0) is 24.4 Å². The Bertz CT molecular complexity index is 1620. The number of likely N-dealkylation sites (tertiary alicyclic amines) is 1. The van der Waals surface area contributed by atoms with Crippen molar-refractivity contribution in [3.8, 4) is 11.6 Å². The zero-order valence-electron chi connectivity index (χ0n) is 25.8. The lowest BCUT2D eigenvalue weighted by Crippen LogP contribution is -2.59. The summed E-state index contributed by atoms with van der Waals surface area (Å²) in [6, 6.07) is 5.36. The molecule has 3 aliphatic rings. The normalized spacial score (nSPS) is 26.4. The van der Waals surface area contributed by atoms with E-state index in [-0.39, 0.29) is 19.4 Å². The molecule has 44 heavy (non-hydrogen) atoms. The molecular weight excluding hydrogens is 586 g/mol. The average molecular weight is 628 g/mol. The Labute approximate surface area is 257 Å². The van der Waals surface area contributed by atoms with E-state index in [0.29, 0.717) is 24.5 Å². The minimum absolute atomic E-state index is 0.0612. The van der Waals surface area contributed by atoms with Crippen molar-refractivity contribution >= 4 is 38.5 Å². The smallest absolute Gasteiger partial charge is 0.259 e. The number of hydrogen-bond donors (Lipinski definition) is 3. The average Bonchev–Trinajstić information content (AvgIpc) is 3.86. The van der Waals surface area contributed by atoms with Gasteiger partial charge in [-0.2, -0.15) is 0 Å². The van der Waals surface area contributed by atoms with Crippen LogP contribution in [0.15, 0.2) is 43.1 Å². The molecule has 0 spiro atoms. The van der Waals surface area contributed by atoms with Gasteiger partial charge in [-0.05, 0) is 61.3 Å². The van der Waals surface area contributed by atoms with Gasteiger partial charge in [0.2, 0.25) is 27.7 Å². The van der Waals surface area contributed by atoms with Crippen LogP contribution in [0.2, 0.25) is 0 Å². The molecule has 0 unspecified atom stereocenters. The minimum atomic E-state index is -3.93. The van der Waals surface area contributed by atoms with E-state index in [1.807, 2.05) is 39.0 Å². The lowest BCUT2D eigenvalue weighted by molar-refractivity contribution is -0.142. The molecule has 1 aromatic heterocycles. The third-order valence-corrected chi connectivity index (χ3v) is 11.3. The molecule has 3 amide bonds. The largest absolute Gasteiger partial charge is 0.497 e. The van der Waals surface area contributed by atoms with E-state index in [1.54, 1.807) is 26.3 Å². The van der Waals surface area contributed by atoms with Gasteiger partial charge in [0.15, 0.2) is 0 Å². The van der Waals surface area contributed by atoms with Gasteiger partial charge in [-0.3, -0.25) is 19.1 Å². The Hall–Kier alpha value is -3.71. The molecule has 3 fully saturated rings. The summed E-state index contributed by atoms with van der Waals surface area (Å²) >= 11 is 0. The molecule has 2 heterocycles. The summed E-state index contributed by atoms with van der Waals surface area (Å²) in [7, 11) is -2.35. The standard InChI is InChI=1S/C31H41N5O7S/c1-7-19-16-31(19,28(39)35-44(40,41)30(5)11-12-30)34-25(37)23-15-21(17-36(23)27(38)24(32)29(2,3)4)43-26-22-9-8-20(42-6)14-18(22)10-13-33-26/h7-10,13-14,19,21,23-24H,1,11-12,15-17,32H2,2-6H3,(H,34,37)(H,35,39)/t19-,21-,23+,24-,31-/m1/s1. The maximum Gasteiger partial charge on any atom is 0.259 e. The topological polar surface area (TPSA) is 170 Å². The number of carbonyl (C=O) groups excluding carboxylic acids is 3. The number of methoxy groups -OCH3 is 1. The van der Waals surface area contributed by atoms with Gasteiger partial charge in [-0.25, -0.2) is 13.4 Å². The molecule has 0 bridgehead atoms. The number of rotatable bonds is 10. The van der Waals surface area contributed by atoms with Gasteiger partial charge >= 0.3 is 0 Å². The number of sulfonamides is 1. The highest BCUT2D eigenvalue weighted by molar-refractivity contribution is 7.91. The molecular formula is C31H41N5O7S. The molecule has 12 nitrogen and oxygen atoms in total. The molecule has 13 heteroatoms. The summed E-state index contributed by atoms with van der Waals surface area (Å²) in [5.74, 6) is -1.30. The van der Waals surface area contributed by atoms with E-state index in [9.17, 15) is 22.8 Å². The summed E-state index contributed by atoms with van der Waals surface area (Å²) in [6.45, 7) is 10.9. The van der Waals surface area contributed by atoms with Crippen LogP contribution >= 0.6 is 0 Å². The number of fused-ring (bicyclic) bond motifs is 1. The van der Waals surface area contributed by atoms with Crippen molar-refractivity contribution in [2.45, 2.75) is 81.9 Å². The van der Waals surface area contributed by atoms with E-state index < -0.39 is 67.6 Å². The molecule has 4 N–H and O–H groups in total. The highest BCUT2D eigenvalue weighted by Crippen LogP contribution is 2.47. The fourth-order valence-electron chi connectivity index (χ4n) is 5.55. The number of pyridine rings is 1. The maximum absolute atomic E-state index is 13.9. The molecule has 0 radical (unpaired) electrons. The first-order valence-electron chi connectivity index (χ1n) is 14.7. The Morgan fingerprint density at radius 2 is 1.93 bits per heavy atom. The number of nitrogens with two attached hydrogens (primary N) is 1. The number of nitrogens with zero attached hydrogens (tertiary/aromatic N) is 2. The number of aromatic nitrogens is 1. The lowest BCUT2D eigenvalue weighted by atomic mass is 9.86. The number of hydrogen-bond acceptors (Lipinski definition) is 9. The predicted molar refractivity (Wildman–Crippen MR) is 164 cm³/mol. The Morgan fingerprint density at radius 1 is 1.23 bits per heavy atom. The number of ether oxygens (including phenoxy) is 2. The summed E-state index contributed by atoms with van der Waals surface area (Å²) in [5.41, 5.74) is 4.27. The van der Waals surface area contributed by atoms with Crippen LogP contribution in [0, 0.1) is 11.3 Å². The van der Waals surface area contributed by atoms with Crippen molar-refractivity contribution in [2.75, 3.05) is 13.7 Å². The molecule has 1 aromatic carbocycles. The summed E-state index contributed by atoms with van der Waals surface area (Å²) < 4.78 is 38.4. The van der Waals surface area contributed by atoms with Gasteiger partial charge in [0, 0.05) is 23.9 Å². The highest BCUT2D eigenvalue weighted by Gasteiger charge is 2.63. The fourth-order valence-corrected chi connectivity index (χ4v) is 6.86. The first-order chi connectivity index (χ1) is 20.5. The molecule has 1 saturated heterocycles. The molecule has 5 atom stereocenters. The summed E-state index contributed by atoms with van der Waals surface area (Å²) in [6.07, 6.45) is 3.71. The van der Waals surface area contributed by atoms with Gasteiger partial charge in [0.1, 0.15) is 23.4 Å². The van der Waals surface area contributed by atoms with Gasteiger partial charge in [-0.1, -0.05) is 26.8 Å². The van der Waals surface area contributed by atoms with E-state index in [1.165, 1.54) is 11.0 Å². The second-order valence-electron chi connectivity index (χ2n) is 13.4. The van der Waals surface area contributed by atoms with Crippen molar-refractivity contribution in [3.63, 3.8) is 0 Å². The first kappa shape index (κ1) is 31.7. The molecule has 2 saturated carbocycles. The maximum atomic E-state index is 13.9. The Balaban J connectivity index is 1.40. The van der Waals surface area contributed by atoms with E-state index in [0.717, 1.165) is 10.8 Å². The zero-order valence-corrected chi connectivity index (χ0v) is 26.6. The number of carbonyl (C=O) groups is 3. The fraction of sp³-hybridized carbons (Fsp3) is 0.548. The highest BCUT2D eigenvalue weighted by atomic mass is 32.2. The molecule has 5 rings (SSSR count). The second-order valence-corrected chi connectivity index (χ2v) is 15.6. The molecule has 1 aliphatic heterocycles. The van der Waals surface area contributed by atoms with E-state index in [4.69, 9.17) is 15.2 Å². The van der Waals surface area contributed by atoms with Gasteiger partial charge < -0.3 is 25.4 Å². The van der Waals surface area contributed by atoms with Crippen molar-refractivity contribution in [3.05, 3.63) is 43.1 Å². The number of benzene rings is 1. The SMILES string of the molecule is C=C[C@@H]1C[C@]1(NC(=O)[C@@H]1C[C@@H](Oc2nccc3cc(OC)ccc23)CN1C(=O)[C@@H](N)C(C)(C)C)C(=O)NS(=O)(=O)C1(C)CC1. The molecule has 2 aromatic rings. The van der Waals surface area contributed by atoms with Crippen LogP contribution in [0.4, 0.5) is 0 Å². The van der Waals surface area contributed by atoms with E-state index in [2.05, 4.69) is 21.6 Å². The molecule has 238 valence electrons. The zero-order chi connectivity index (χ0) is 32.2. The predicted octanol–water partition coefficient (Wildman–Crippen LogP) is 2.02. The van der Waals surface area contributed by atoms with Crippen molar-refractivity contribution in [2.24, 2.45) is 17.1 Å². The van der Waals surface area contributed by atoms with Crippen molar-refractivity contribution < 1.29 is 32.3 Å². The third kappa shape index (κ3) is 5.74. The second kappa shape index (κ2) is 11.0. The lowest BCUT2D eigenvalue weighted by Gasteiger charge is -2.33. The van der Waals surface area contributed by atoms with Crippen LogP contribution in [0.5, 0.6) is 11.6 Å². The Kier molecular flexibility index (Phi) is 7.94. The van der Waals surface area contributed by atoms with Crippen LogP contribution in [-0.4, -0.2) is 78.2 Å². The third-order valence-electron chi connectivity index (χ3n) is 9.14. The van der Waals surface area contributed by atoms with Crippen LogP contribution in [0.25, 0.3) is 10.8 Å². The van der Waals surface area contributed by atoms with Gasteiger partial charge in [0.05, 0.1) is 24.4 Å². The summed E-state index contributed by atoms with van der Waals surface area (Å²) in [4.78, 5) is 46.8.